The van der Waals surface area contributed by atoms with E-state index in [9.17, 15) is 9.90 Å². The van der Waals surface area contributed by atoms with Crippen molar-refractivity contribution in [2.45, 2.75) is 32.7 Å². The van der Waals surface area contributed by atoms with Crippen molar-refractivity contribution < 1.29 is 19.7 Å². The van der Waals surface area contributed by atoms with Crippen LogP contribution in [-0.4, -0.2) is 44.0 Å². The van der Waals surface area contributed by atoms with Gasteiger partial charge in [-0.15, -0.1) is 0 Å². The minimum absolute atomic E-state index is 0.0497. The van der Waals surface area contributed by atoms with Crippen molar-refractivity contribution in [3.05, 3.63) is 47.3 Å². The van der Waals surface area contributed by atoms with E-state index >= 15 is 0 Å². The first kappa shape index (κ1) is 16.5. The maximum absolute atomic E-state index is 10.7. The molecule has 0 fully saturated rings. The highest BCUT2D eigenvalue weighted by Crippen LogP contribution is 2.22. The highest BCUT2D eigenvalue weighted by Gasteiger charge is 2.18. The van der Waals surface area contributed by atoms with Crippen LogP contribution in [0.5, 0.6) is 5.75 Å². The lowest BCUT2D eigenvalue weighted by atomic mass is 10.1. The van der Waals surface area contributed by atoms with Gasteiger partial charge in [0.1, 0.15) is 5.75 Å². The lowest BCUT2D eigenvalue weighted by Gasteiger charge is -2.21. The normalized spacial score (nSPS) is 14.9. The third-order valence-corrected chi connectivity index (χ3v) is 4.02. The molecule has 0 saturated heterocycles. The summed E-state index contributed by atoms with van der Waals surface area (Å²) in [7, 11) is 0. The molecule has 0 aliphatic carbocycles. The highest BCUT2D eigenvalue weighted by atomic mass is 16.5. The Bertz CT molecular complexity index is 714. The quantitative estimate of drug-likeness (QED) is 0.828. The summed E-state index contributed by atoms with van der Waals surface area (Å²) in [6, 6.07) is 9.45. The molecule has 0 bridgehead atoms. The SMILES string of the molecule is O=C(O)COc1ccccc1CN1CCCn2nc(CO)cc2C1. The van der Waals surface area contributed by atoms with Gasteiger partial charge in [0.05, 0.1) is 18.0 Å². The third kappa shape index (κ3) is 3.93. The van der Waals surface area contributed by atoms with Crippen molar-refractivity contribution in [2.24, 2.45) is 0 Å². The van der Waals surface area contributed by atoms with Gasteiger partial charge in [0.15, 0.2) is 6.61 Å². The summed E-state index contributed by atoms with van der Waals surface area (Å²) in [4.78, 5) is 13.0. The second kappa shape index (κ2) is 7.46. The smallest absolute Gasteiger partial charge is 0.341 e. The minimum atomic E-state index is -0.986. The molecule has 0 unspecified atom stereocenters. The maximum Gasteiger partial charge on any atom is 0.341 e. The lowest BCUT2D eigenvalue weighted by Crippen LogP contribution is -2.23. The van der Waals surface area contributed by atoms with E-state index in [0.717, 1.165) is 37.3 Å². The van der Waals surface area contributed by atoms with Crippen LogP contribution in [0.1, 0.15) is 23.4 Å². The number of aliphatic carboxylic acids is 1. The molecule has 2 N–H and O–H groups in total. The first-order chi connectivity index (χ1) is 11.7. The first-order valence-corrected chi connectivity index (χ1v) is 7.97. The van der Waals surface area contributed by atoms with E-state index in [2.05, 4.69) is 10.00 Å². The van der Waals surface area contributed by atoms with Crippen molar-refractivity contribution in [2.75, 3.05) is 13.2 Å². The van der Waals surface area contributed by atoms with Gasteiger partial charge in [-0.2, -0.15) is 5.10 Å². The molecular weight excluding hydrogens is 310 g/mol. The molecule has 0 spiro atoms. The van der Waals surface area contributed by atoms with Gasteiger partial charge in [-0.1, -0.05) is 18.2 Å². The molecule has 7 nitrogen and oxygen atoms in total. The van der Waals surface area contributed by atoms with Gasteiger partial charge >= 0.3 is 5.97 Å². The average Bonchev–Trinajstić information content (AvgIpc) is 2.86. The molecule has 1 aromatic carbocycles. The third-order valence-electron chi connectivity index (χ3n) is 4.02. The van der Waals surface area contributed by atoms with E-state index in [1.807, 2.05) is 28.9 Å². The van der Waals surface area contributed by atoms with Crippen LogP contribution in [0.4, 0.5) is 0 Å². The number of carboxylic acids is 1. The molecule has 0 amide bonds. The predicted molar refractivity (Wildman–Crippen MR) is 86.5 cm³/mol. The van der Waals surface area contributed by atoms with Crippen LogP contribution in [0.25, 0.3) is 0 Å². The van der Waals surface area contributed by atoms with Gasteiger partial charge in [-0.3, -0.25) is 9.58 Å². The van der Waals surface area contributed by atoms with Crippen LogP contribution in [-0.2, 0) is 31.0 Å². The Kier molecular flexibility index (Phi) is 5.12. The largest absolute Gasteiger partial charge is 0.482 e. The van der Waals surface area contributed by atoms with Crippen LogP contribution in [0, 0.1) is 0 Å². The maximum atomic E-state index is 10.7. The van der Waals surface area contributed by atoms with Gasteiger partial charge < -0.3 is 14.9 Å². The molecule has 2 heterocycles. The molecule has 0 saturated carbocycles. The Morgan fingerprint density at radius 1 is 1.29 bits per heavy atom. The van der Waals surface area contributed by atoms with Crippen LogP contribution in [0.3, 0.4) is 0 Å². The lowest BCUT2D eigenvalue weighted by molar-refractivity contribution is -0.139. The molecule has 24 heavy (non-hydrogen) atoms. The molecule has 7 heteroatoms. The summed E-state index contributed by atoms with van der Waals surface area (Å²) in [5.41, 5.74) is 2.74. The number of hydrogen-bond donors (Lipinski definition) is 2. The van der Waals surface area contributed by atoms with E-state index in [4.69, 9.17) is 9.84 Å². The van der Waals surface area contributed by atoms with E-state index in [-0.39, 0.29) is 13.2 Å². The molecule has 1 aromatic heterocycles. The number of aliphatic hydroxyl groups excluding tert-OH is 1. The summed E-state index contributed by atoms with van der Waals surface area (Å²) in [5.74, 6) is -0.381. The van der Waals surface area contributed by atoms with Crippen molar-refractivity contribution in [1.82, 2.24) is 14.7 Å². The topological polar surface area (TPSA) is 87.8 Å². The monoisotopic (exact) mass is 331 g/mol. The van der Waals surface area contributed by atoms with Crippen LogP contribution < -0.4 is 4.74 Å². The number of aromatic nitrogens is 2. The second-order valence-electron chi connectivity index (χ2n) is 5.86. The number of para-hydroxylation sites is 1. The predicted octanol–water partition coefficient (Wildman–Crippen LogP) is 1.24. The zero-order chi connectivity index (χ0) is 16.9. The second-order valence-corrected chi connectivity index (χ2v) is 5.86. The number of ether oxygens (including phenoxy) is 1. The summed E-state index contributed by atoms with van der Waals surface area (Å²) in [6.07, 6.45) is 0.970. The summed E-state index contributed by atoms with van der Waals surface area (Å²) < 4.78 is 7.34. The zero-order valence-corrected chi connectivity index (χ0v) is 13.4. The van der Waals surface area contributed by atoms with Gasteiger partial charge in [0.2, 0.25) is 0 Å². The van der Waals surface area contributed by atoms with Crippen molar-refractivity contribution >= 4 is 5.97 Å². The fourth-order valence-corrected chi connectivity index (χ4v) is 2.96. The number of fused-ring (bicyclic) bond motifs is 1. The molecule has 3 rings (SSSR count). The molecule has 0 atom stereocenters. The Hall–Kier alpha value is -2.38. The molecular formula is C17H21N3O4. The van der Waals surface area contributed by atoms with Gasteiger partial charge in [0.25, 0.3) is 0 Å². The molecule has 128 valence electrons. The first-order valence-electron chi connectivity index (χ1n) is 7.97. The van der Waals surface area contributed by atoms with Crippen LogP contribution in [0.15, 0.2) is 30.3 Å². The number of aryl methyl sites for hydroxylation is 1. The van der Waals surface area contributed by atoms with Gasteiger partial charge in [-0.05, 0) is 18.6 Å². The number of carboxylic acid groups (broad SMARTS) is 1. The standard InChI is InChI=1S/C17H21N3O4/c21-11-14-8-15-10-19(6-3-7-20(15)18-14)9-13-4-1-2-5-16(13)24-12-17(22)23/h1-2,4-5,8,21H,3,6-7,9-12H2,(H,22,23). The highest BCUT2D eigenvalue weighted by molar-refractivity contribution is 5.68. The number of rotatable bonds is 6. The van der Waals surface area contributed by atoms with Crippen molar-refractivity contribution in [3.8, 4) is 5.75 Å². The van der Waals surface area contributed by atoms with E-state index in [0.29, 0.717) is 18.0 Å². The van der Waals surface area contributed by atoms with Crippen LogP contribution in [0.2, 0.25) is 0 Å². The minimum Gasteiger partial charge on any atom is -0.482 e. The molecule has 2 aromatic rings. The van der Waals surface area contributed by atoms with Crippen molar-refractivity contribution in [1.29, 1.82) is 0 Å². The number of hydrogen-bond acceptors (Lipinski definition) is 5. The van der Waals surface area contributed by atoms with E-state index in [1.165, 1.54) is 0 Å². The number of carbonyl (C=O) groups is 1. The van der Waals surface area contributed by atoms with Gasteiger partial charge in [-0.25, -0.2) is 4.79 Å². The Labute approximate surface area is 140 Å². The van der Waals surface area contributed by atoms with Crippen molar-refractivity contribution in [3.63, 3.8) is 0 Å². The van der Waals surface area contributed by atoms with Crippen LogP contribution >= 0.6 is 0 Å². The average molecular weight is 331 g/mol. The molecule has 1 aliphatic rings. The summed E-state index contributed by atoms with van der Waals surface area (Å²) in [6.45, 7) is 2.78. The summed E-state index contributed by atoms with van der Waals surface area (Å²) >= 11 is 0. The van der Waals surface area contributed by atoms with Gasteiger partial charge in [0, 0.05) is 31.7 Å². The number of benzene rings is 1. The Morgan fingerprint density at radius 2 is 2.12 bits per heavy atom. The molecule has 0 radical (unpaired) electrons. The number of nitrogens with zero attached hydrogens (tertiary/aromatic N) is 3. The molecule has 1 aliphatic heterocycles. The zero-order valence-electron chi connectivity index (χ0n) is 13.4. The fraction of sp³-hybridized carbons (Fsp3) is 0.412. The Morgan fingerprint density at radius 3 is 2.92 bits per heavy atom. The van der Waals surface area contributed by atoms with E-state index in [1.54, 1.807) is 6.07 Å². The van der Waals surface area contributed by atoms with E-state index < -0.39 is 5.97 Å². The summed E-state index contributed by atoms with van der Waals surface area (Å²) in [5, 5.41) is 22.4. The number of aliphatic hydroxyl groups is 1. The fourth-order valence-electron chi connectivity index (χ4n) is 2.96. The Balaban J connectivity index is 1.72.